The molecule has 0 saturated carbocycles. The summed E-state index contributed by atoms with van der Waals surface area (Å²) in [7, 11) is 0.0673. The number of hydrogen-bond acceptors (Lipinski definition) is 3. The van der Waals surface area contributed by atoms with Gasteiger partial charge in [-0.2, -0.15) is 4.31 Å². The Kier molecular flexibility index (Phi) is 5.59. The zero-order valence-electron chi connectivity index (χ0n) is 13.3. The maximum absolute atomic E-state index is 12.8. The fraction of sp³-hybridized carbons (Fsp3) is 0.600. The van der Waals surface area contributed by atoms with Crippen LogP contribution in [0.3, 0.4) is 0 Å². The average molecular weight is 298 g/mol. The second-order valence-electron chi connectivity index (χ2n) is 5.18. The van der Waals surface area contributed by atoms with Gasteiger partial charge in [0, 0.05) is 25.8 Å². The zero-order chi connectivity index (χ0) is 15.5. The van der Waals surface area contributed by atoms with Crippen molar-refractivity contribution in [3.05, 3.63) is 23.3 Å². The summed E-state index contributed by atoms with van der Waals surface area (Å²) >= 11 is 0. The molecule has 0 heterocycles. The molecular weight excluding hydrogens is 272 g/mol. The number of rotatable bonds is 6. The van der Waals surface area contributed by atoms with Gasteiger partial charge in [-0.1, -0.05) is 13.8 Å². The van der Waals surface area contributed by atoms with E-state index >= 15 is 0 Å². The van der Waals surface area contributed by atoms with Crippen molar-refractivity contribution in [1.82, 2.24) is 4.31 Å². The molecule has 1 rings (SSSR count). The second kappa shape index (κ2) is 6.59. The predicted octanol–water partition coefficient (Wildman–Crippen LogP) is 3.15. The molecule has 114 valence electrons. The molecule has 0 aliphatic heterocycles. The highest BCUT2D eigenvalue weighted by Gasteiger charge is 2.29. The minimum absolute atomic E-state index is 0.0442. The minimum atomic E-state index is -3.44. The molecular formula is C15H26N2O2S. The van der Waals surface area contributed by atoms with Crippen LogP contribution in [0.5, 0.6) is 0 Å². The first-order valence-corrected chi connectivity index (χ1v) is 8.50. The van der Waals surface area contributed by atoms with Gasteiger partial charge in [0.25, 0.3) is 0 Å². The van der Waals surface area contributed by atoms with Crippen molar-refractivity contribution in [3.8, 4) is 0 Å². The highest BCUT2D eigenvalue weighted by Crippen LogP contribution is 2.28. The zero-order valence-corrected chi connectivity index (χ0v) is 14.1. The third-order valence-electron chi connectivity index (χ3n) is 3.84. The van der Waals surface area contributed by atoms with Crippen LogP contribution in [-0.2, 0) is 10.0 Å². The van der Waals surface area contributed by atoms with E-state index in [-0.39, 0.29) is 6.04 Å². The molecule has 5 heteroatoms. The normalized spacial score (nSPS) is 12.2. The van der Waals surface area contributed by atoms with Crippen LogP contribution in [0.15, 0.2) is 17.0 Å². The molecule has 0 amide bonds. The van der Waals surface area contributed by atoms with Gasteiger partial charge in [-0.05, 0) is 49.9 Å². The maximum atomic E-state index is 12.8. The largest absolute Gasteiger partial charge is 0.388 e. The maximum Gasteiger partial charge on any atom is 0.243 e. The van der Waals surface area contributed by atoms with Crippen molar-refractivity contribution >= 4 is 15.7 Å². The first-order chi connectivity index (χ1) is 9.29. The smallest absolute Gasteiger partial charge is 0.243 e. The molecule has 0 bridgehead atoms. The van der Waals surface area contributed by atoms with E-state index in [9.17, 15) is 8.42 Å². The fourth-order valence-corrected chi connectivity index (χ4v) is 4.55. The SMILES string of the molecule is CCC(CC)N(C)S(=O)(=O)c1c(C)cc(NC)cc1C. The van der Waals surface area contributed by atoms with Crippen molar-refractivity contribution in [2.45, 2.75) is 51.5 Å². The van der Waals surface area contributed by atoms with Gasteiger partial charge >= 0.3 is 0 Å². The van der Waals surface area contributed by atoms with Crippen LogP contribution >= 0.6 is 0 Å². The molecule has 0 saturated heterocycles. The van der Waals surface area contributed by atoms with Gasteiger partial charge in [0.15, 0.2) is 0 Å². The van der Waals surface area contributed by atoms with Gasteiger partial charge in [0.2, 0.25) is 10.0 Å². The first kappa shape index (κ1) is 17.0. The summed E-state index contributed by atoms with van der Waals surface area (Å²) in [4.78, 5) is 0.436. The van der Waals surface area contributed by atoms with Gasteiger partial charge in [-0.3, -0.25) is 0 Å². The molecule has 0 aliphatic carbocycles. The van der Waals surface area contributed by atoms with Crippen LogP contribution in [0.2, 0.25) is 0 Å². The third-order valence-corrected chi connectivity index (χ3v) is 6.06. The Labute approximate surface area is 123 Å². The molecule has 0 atom stereocenters. The summed E-state index contributed by atoms with van der Waals surface area (Å²) in [6.45, 7) is 7.73. The Hall–Kier alpha value is -1.07. The van der Waals surface area contributed by atoms with Crippen LogP contribution < -0.4 is 5.32 Å². The molecule has 0 unspecified atom stereocenters. The number of anilines is 1. The van der Waals surface area contributed by atoms with Gasteiger partial charge in [-0.15, -0.1) is 0 Å². The summed E-state index contributed by atoms with van der Waals surface area (Å²) in [6, 6.07) is 3.80. The van der Waals surface area contributed by atoms with Crippen molar-refractivity contribution in [1.29, 1.82) is 0 Å². The van der Waals surface area contributed by atoms with E-state index in [0.29, 0.717) is 4.90 Å². The Balaban J connectivity index is 3.36. The molecule has 4 nitrogen and oxygen atoms in total. The molecule has 0 aromatic heterocycles. The van der Waals surface area contributed by atoms with E-state index in [1.54, 1.807) is 7.05 Å². The average Bonchev–Trinajstić information content (AvgIpc) is 2.38. The molecule has 1 aromatic rings. The van der Waals surface area contributed by atoms with Crippen LogP contribution in [0.25, 0.3) is 0 Å². The van der Waals surface area contributed by atoms with Gasteiger partial charge < -0.3 is 5.32 Å². The lowest BCUT2D eigenvalue weighted by atomic mass is 10.1. The highest BCUT2D eigenvalue weighted by atomic mass is 32.2. The van der Waals surface area contributed by atoms with E-state index in [1.165, 1.54) is 4.31 Å². The quantitative estimate of drug-likeness (QED) is 0.877. The molecule has 20 heavy (non-hydrogen) atoms. The topological polar surface area (TPSA) is 49.4 Å². The van der Waals surface area contributed by atoms with E-state index in [4.69, 9.17) is 0 Å². The lowest BCUT2D eigenvalue weighted by Crippen LogP contribution is -2.36. The van der Waals surface area contributed by atoms with Crippen LogP contribution in [0.4, 0.5) is 5.69 Å². The number of nitrogens with one attached hydrogen (secondary N) is 1. The van der Waals surface area contributed by atoms with Crippen molar-refractivity contribution < 1.29 is 8.42 Å². The van der Waals surface area contributed by atoms with Crippen LogP contribution in [0.1, 0.15) is 37.8 Å². The molecule has 0 radical (unpaired) electrons. The number of hydrogen-bond donors (Lipinski definition) is 1. The van der Waals surface area contributed by atoms with Crippen molar-refractivity contribution in [2.75, 3.05) is 19.4 Å². The lowest BCUT2D eigenvalue weighted by molar-refractivity contribution is 0.349. The Morgan fingerprint density at radius 1 is 1.15 bits per heavy atom. The number of nitrogens with zero attached hydrogens (tertiary/aromatic N) is 1. The van der Waals surface area contributed by atoms with Gasteiger partial charge in [-0.25, -0.2) is 8.42 Å². The highest BCUT2D eigenvalue weighted by molar-refractivity contribution is 7.89. The minimum Gasteiger partial charge on any atom is -0.388 e. The number of aryl methyl sites for hydroxylation is 2. The van der Waals surface area contributed by atoms with E-state index in [1.807, 2.05) is 46.9 Å². The monoisotopic (exact) mass is 298 g/mol. The molecule has 1 aromatic carbocycles. The van der Waals surface area contributed by atoms with E-state index in [2.05, 4.69) is 5.32 Å². The van der Waals surface area contributed by atoms with E-state index in [0.717, 1.165) is 29.7 Å². The Bertz CT molecular complexity index is 540. The summed E-state index contributed by atoms with van der Waals surface area (Å²) in [5, 5.41) is 3.05. The van der Waals surface area contributed by atoms with E-state index < -0.39 is 10.0 Å². The van der Waals surface area contributed by atoms with Crippen LogP contribution in [0, 0.1) is 13.8 Å². The van der Waals surface area contributed by atoms with Crippen LogP contribution in [-0.4, -0.2) is 32.9 Å². The van der Waals surface area contributed by atoms with Crippen molar-refractivity contribution in [2.24, 2.45) is 0 Å². The molecule has 1 N–H and O–H groups in total. The van der Waals surface area contributed by atoms with Gasteiger partial charge in [0.1, 0.15) is 0 Å². The lowest BCUT2D eigenvalue weighted by Gasteiger charge is -2.27. The summed E-state index contributed by atoms with van der Waals surface area (Å²) < 4.78 is 27.2. The standard InChI is InChI=1S/C15H26N2O2S/c1-7-14(8-2)17(6)20(18,19)15-11(3)9-13(16-5)10-12(15)4/h9-10,14,16H,7-8H2,1-6H3. The van der Waals surface area contributed by atoms with Gasteiger partial charge in [0.05, 0.1) is 4.90 Å². The summed E-state index contributed by atoms with van der Waals surface area (Å²) in [5.41, 5.74) is 2.50. The number of benzene rings is 1. The first-order valence-electron chi connectivity index (χ1n) is 7.06. The second-order valence-corrected chi connectivity index (χ2v) is 7.12. The summed E-state index contributed by atoms with van der Waals surface area (Å²) in [6.07, 6.45) is 1.64. The molecule has 0 spiro atoms. The molecule has 0 aliphatic rings. The number of sulfonamides is 1. The third kappa shape index (κ3) is 3.15. The van der Waals surface area contributed by atoms with Crippen molar-refractivity contribution in [3.63, 3.8) is 0 Å². The Morgan fingerprint density at radius 2 is 1.60 bits per heavy atom. The predicted molar refractivity (Wildman–Crippen MR) is 84.8 cm³/mol. The fourth-order valence-electron chi connectivity index (χ4n) is 2.64. The Morgan fingerprint density at radius 3 is 1.95 bits per heavy atom. The summed E-state index contributed by atoms with van der Waals surface area (Å²) in [5.74, 6) is 0. The molecule has 0 fully saturated rings.